The first-order valence-electron chi connectivity index (χ1n) is 8.63. The highest BCUT2D eigenvalue weighted by Crippen LogP contribution is 2.23. The van der Waals surface area contributed by atoms with Gasteiger partial charge in [0.1, 0.15) is 0 Å². The van der Waals surface area contributed by atoms with E-state index in [9.17, 15) is 0 Å². The largest absolute Gasteiger partial charge is 0.379 e. The molecule has 128 valence electrons. The van der Waals surface area contributed by atoms with Gasteiger partial charge < -0.3 is 15.8 Å². The van der Waals surface area contributed by atoms with Gasteiger partial charge in [-0.1, -0.05) is 43.2 Å². The number of nitrogens with one attached hydrogen (secondary N) is 1. The molecule has 23 heavy (non-hydrogen) atoms. The van der Waals surface area contributed by atoms with Gasteiger partial charge in [0.15, 0.2) is 5.96 Å². The van der Waals surface area contributed by atoms with Crippen LogP contribution in [0.1, 0.15) is 36.9 Å². The minimum Gasteiger partial charge on any atom is -0.379 e. The molecule has 0 aromatic heterocycles. The van der Waals surface area contributed by atoms with E-state index in [0.717, 1.165) is 45.7 Å². The fourth-order valence-corrected chi connectivity index (χ4v) is 2.83. The Morgan fingerprint density at radius 1 is 1.39 bits per heavy atom. The monoisotopic (exact) mass is 318 g/mol. The lowest BCUT2D eigenvalue weighted by Crippen LogP contribution is -2.41. The van der Waals surface area contributed by atoms with Gasteiger partial charge in [-0.15, -0.1) is 0 Å². The summed E-state index contributed by atoms with van der Waals surface area (Å²) in [6.07, 6.45) is 2.26. The summed E-state index contributed by atoms with van der Waals surface area (Å²) in [4.78, 5) is 7.02. The van der Waals surface area contributed by atoms with Crippen molar-refractivity contribution in [1.29, 1.82) is 0 Å². The molecule has 1 aromatic carbocycles. The summed E-state index contributed by atoms with van der Waals surface area (Å²) >= 11 is 0. The number of benzene rings is 1. The van der Waals surface area contributed by atoms with Crippen molar-refractivity contribution in [3.05, 3.63) is 35.4 Å². The Bertz CT molecular complexity index is 498. The molecule has 1 aliphatic heterocycles. The van der Waals surface area contributed by atoms with Crippen LogP contribution in [0.3, 0.4) is 0 Å². The summed E-state index contributed by atoms with van der Waals surface area (Å²) in [5.74, 6) is 0.546. The Balaban J connectivity index is 2.05. The molecule has 0 spiro atoms. The molecule has 1 aliphatic rings. The molecule has 3 N–H and O–H groups in total. The number of nitrogens with two attached hydrogens (primary N) is 1. The van der Waals surface area contributed by atoms with Crippen LogP contribution in [0.2, 0.25) is 0 Å². The van der Waals surface area contributed by atoms with Gasteiger partial charge in [0.05, 0.1) is 25.8 Å². The number of guanidine groups is 1. The molecule has 0 saturated carbocycles. The fraction of sp³-hybridized carbons (Fsp3) is 0.611. The number of aryl methyl sites for hydroxylation is 1. The molecular weight excluding hydrogens is 288 g/mol. The highest BCUT2D eigenvalue weighted by molar-refractivity contribution is 5.77. The first-order chi connectivity index (χ1) is 11.2. The summed E-state index contributed by atoms with van der Waals surface area (Å²) < 4.78 is 5.49. The zero-order valence-corrected chi connectivity index (χ0v) is 14.4. The Morgan fingerprint density at radius 3 is 2.87 bits per heavy atom. The number of rotatable bonds is 7. The second kappa shape index (κ2) is 9.53. The SMILES string of the molecule is CCCCNC(N)=NCC(c1cccc(C)c1)N1CCOCC1. The van der Waals surface area contributed by atoms with E-state index in [4.69, 9.17) is 10.5 Å². The van der Waals surface area contributed by atoms with Crippen molar-refractivity contribution in [2.24, 2.45) is 10.7 Å². The third-order valence-electron chi connectivity index (χ3n) is 4.18. The van der Waals surface area contributed by atoms with Crippen LogP contribution in [-0.4, -0.2) is 50.3 Å². The Morgan fingerprint density at radius 2 is 2.17 bits per heavy atom. The Hall–Kier alpha value is -1.59. The van der Waals surface area contributed by atoms with Gasteiger partial charge in [-0.05, 0) is 18.9 Å². The molecule has 1 saturated heterocycles. The second-order valence-electron chi connectivity index (χ2n) is 6.08. The minimum absolute atomic E-state index is 0.255. The minimum atomic E-state index is 0.255. The molecule has 2 rings (SSSR count). The van der Waals surface area contributed by atoms with Crippen molar-refractivity contribution in [1.82, 2.24) is 10.2 Å². The molecule has 1 aromatic rings. The van der Waals surface area contributed by atoms with Gasteiger partial charge in [-0.25, -0.2) is 0 Å². The van der Waals surface area contributed by atoms with E-state index < -0.39 is 0 Å². The van der Waals surface area contributed by atoms with Crippen LogP contribution >= 0.6 is 0 Å². The predicted molar refractivity (Wildman–Crippen MR) is 95.7 cm³/mol. The van der Waals surface area contributed by atoms with Crippen LogP contribution in [-0.2, 0) is 4.74 Å². The van der Waals surface area contributed by atoms with Crippen LogP contribution in [0.4, 0.5) is 0 Å². The summed E-state index contributed by atoms with van der Waals surface area (Å²) in [6, 6.07) is 8.93. The average Bonchev–Trinajstić information content (AvgIpc) is 2.56. The second-order valence-corrected chi connectivity index (χ2v) is 6.08. The normalized spacial score (nSPS) is 17.9. The zero-order valence-electron chi connectivity index (χ0n) is 14.4. The maximum Gasteiger partial charge on any atom is 0.188 e. The van der Waals surface area contributed by atoms with Gasteiger partial charge in [0.25, 0.3) is 0 Å². The Labute approximate surface area is 139 Å². The smallest absolute Gasteiger partial charge is 0.188 e. The van der Waals surface area contributed by atoms with Gasteiger partial charge in [0.2, 0.25) is 0 Å². The number of hydrogen-bond acceptors (Lipinski definition) is 3. The highest BCUT2D eigenvalue weighted by Gasteiger charge is 2.22. The van der Waals surface area contributed by atoms with Crippen molar-refractivity contribution < 1.29 is 4.74 Å². The lowest BCUT2D eigenvalue weighted by molar-refractivity contribution is 0.0180. The molecule has 1 heterocycles. The van der Waals surface area contributed by atoms with E-state index in [0.29, 0.717) is 12.5 Å². The highest BCUT2D eigenvalue weighted by atomic mass is 16.5. The van der Waals surface area contributed by atoms with Crippen LogP contribution in [0, 0.1) is 6.92 Å². The third kappa shape index (κ3) is 5.84. The van der Waals surface area contributed by atoms with Gasteiger partial charge in [-0.3, -0.25) is 9.89 Å². The number of nitrogens with zero attached hydrogens (tertiary/aromatic N) is 2. The zero-order chi connectivity index (χ0) is 16.5. The van der Waals surface area contributed by atoms with Crippen molar-refractivity contribution in [2.45, 2.75) is 32.7 Å². The van der Waals surface area contributed by atoms with Crippen molar-refractivity contribution >= 4 is 5.96 Å². The van der Waals surface area contributed by atoms with E-state index in [-0.39, 0.29) is 6.04 Å². The fourth-order valence-electron chi connectivity index (χ4n) is 2.83. The van der Waals surface area contributed by atoms with E-state index in [1.165, 1.54) is 11.1 Å². The summed E-state index contributed by atoms with van der Waals surface area (Å²) in [6.45, 7) is 9.32. The van der Waals surface area contributed by atoms with E-state index in [2.05, 4.69) is 53.3 Å². The summed E-state index contributed by atoms with van der Waals surface area (Å²) in [5.41, 5.74) is 8.58. The van der Waals surface area contributed by atoms with Crippen molar-refractivity contribution in [3.8, 4) is 0 Å². The molecule has 1 unspecified atom stereocenters. The Kier molecular flexibility index (Phi) is 7.36. The molecule has 5 nitrogen and oxygen atoms in total. The molecule has 0 bridgehead atoms. The number of hydrogen-bond donors (Lipinski definition) is 2. The van der Waals surface area contributed by atoms with Gasteiger partial charge >= 0.3 is 0 Å². The first-order valence-corrected chi connectivity index (χ1v) is 8.63. The summed E-state index contributed by atoms with van der Waals surface area (Å²) in [5, 5.41) is 3.19. The quantitative estimate of drug-likeness (QED) is 0.459. The van der Waals surface area contributed by atoms with Crippen LogP contribution < -0.4 is 11.1 Å². The number of aliphatic imine (C=N–C) groups is 1. The molecule has 1 fully saturated rings. The third-order valence-corrected chi connectivity index (χ3v) is 4.18. The maximum atomic E-state index is 6.00. The number of morpholine rings is 1. The van der Waals surface area contributed by atoms with Crippen molar-refractivity contribution in [2.75, 3.05) is 39.4 Å². The van der Waals surface area contributed by atoms with Crippen LogP contribution in [0.15, 0.2) is 29.3 Å². The molecule has 0 radical (unpaired) electrons. The topological polar surface area (TPSA) is 62.9 Å². The molecule has 5 heteroatoms. The van der Waals surface area contributed by atoms with Gasteiger partial charge in [0, 0.05) is 19.6 Å². The van der Waals surface area contributed by atoms with E-state index in [1.54, 1.807) is 0 Å². The van der Waals surface area contributed by atoms with Crippen molar-refractivity contribution in [3.63, 3.8) is 0 Å². The molecule has 1 atom stereocenters. The van der Waals surface area contributed by atoms with E-state index in [1.807, 2.05) is 0 Å². The van der Waals surface area contributed by atoms with Crippen LogP contribution in [0.5, 0.6) is 0 Å². The predicted octanol–water partition coefficient (Wildman–Crippen LogP) is 2.07. The van der Waals surface area contributed by atoms with Gasteiger partial charge in [-0.2, -0.15) is 0 Å². The molecule has 0 aliphatic carbocycles. The average molecular weight is 318 g/mol. The number of ether oxygens (including phenoxy) is 1. The molecular formula is C18H30N4O. The lowest BCUT2D eigenvalue weighted by atomic mass is 10.0. The molecule has 0 amide bonds. The number of unbranched alkanes of at least 4 members (excludes halogenated alkanes) is 1. The summed E-state index contributed by atoms with van der Waals surface area (Å²) in [7, 11) is 0. The van der Waals surface area contributed by atoms with Crippen LogP contribution in [0.25, 0.3) is 0 Å². The standard InChI is InChI=1S/C18H30N4O/c1-3-4-8-20-18(19)21-14-17(22-9-11-23-12-10-22)16-7-5-6-15(2)13-16/h5-7,13,17H,3-4,8-12,14H2,1-2H3,(H3,19,20,21). The van der Waals surface area contributed by atoms with E-state index >= 15 is 0 Å². The maximum absolute atomic E-state index is 6.00. The lowest BCUT2D eigenvalue weighted by Gasteiger charge is -2.34. The first kappa shape index (κ1) is 17.8.